The van der Waals surface area contributed by atoms with Gasteiger partial charge in [0, 0.05) is 12.5 Å². The van der Waals surface area contributed by atoms with E-state index in [0.717, 1.165) is 22.9 Å². The summed E-state index contributed by atoms with van der Waals surface area (Å²) in [6.45, 7) is 5.01. The fourth-order valence-corrected chi connectivity index (χ4v) is 6.71. The van der Waals surface area contributed by atoms with Crippen molar-refractivity contribution in [3.8, 4) is 5.75 Å². The van der Waals surface area contributed by atoms with Gasteiger partial charge in [0.05, 0.1) is 34.2 Å². The zero-order valence-electron chi connectivity index (χ0n) is 21.3. The summed E-state index contributed by atoms with van der Waals surface area (Å²) in [5.74, 6) is -0.507. The Kier molecular flexibility index (Phi) is 8.02. The number of benzene rings is 2. The number of carbonyl (C=O) groups is 1. The molecule has 2 aromatic carbocycles. The summed E-state index contributed by atoms with van der Waals surface area (Å²) in [5.41, 5.74) is -0.0565. The van der Waals surface area contributed by atoms with Crippen LogP contribution in [0, 0.1) is 0 Å². The lowest BCUT2D eigenvalue weighted by Gasteiger charge is -2.36. The lowest BCUT2D eigenvalue weighted by molar-refractivity contribution is -0.153. The highest BCUT2D eigenvalue weighted by Crippen LogP contribution is 2.39. The van der Waals surface area contributed by atoms with Gasteiger partial charge in [-0.1, -0.05) is 12.1 Å². The van der Waals surface area contributed by atoms with Gasteiger partial charge in [-0.15, -0.1) is 0 Å². The van der Waals surface area contributed by atoms with E-state index >= 15 is 0 Å². The highest BCUT2D eigenvalue weighted by atomic mass is 32.2. The van der Waals surface area contributed by atoms with Crippen LogP contribution in [0.4, 0.5) is 5.69 Å². The standard InChI is InChI=1S/C24H31NO9S3/c1-24(2,3)34-23(26)14-17-9-10-22-21(13-17)25(16-18(33-22)11-12-35(4,27)28)37(31,32)20-8-6-7-19(15-20)36(5,29)30/h6-10,13,15,18H,11-12,14,16H2,1-5H3/t18-/m0/s1. The summed E-state index contributed by atoms with van der Waals surface area (Å²) in [6, 6.07) is 9.64. The van der Waals surface area contributed by atoms with Crippen molar-refractivity contribution in [1.82, 2.24) is 0 Å². The molecular formula is C24H31NO9S3. The number of anilines is 1. The van der Waals surface area contributed by atoms with Crippen LogP contribution in [0.5, 0.6) is 5.75 Å². The number of nitrogens with zero attached hydrogens (tertiary/aromatic N) is 1. The molecule has 0 spiro atoms. The van der Waals surface area contributed by atoms with Crippen molar-refractivity contribution < 1.29 is 39.5 Å². The lowest BCUT2D eigenvalue weighted by atomic mass is 10.1. The summed E-state index contributed by atoms with van der Waals surface area (Å²) in [5, 5.41) is 0. The first-order valence-corrected chi connectivity index (χ1v) is 16.8. The molecule has 1 heterocycles. The van der Waals surface area contributed by atoms with Crippen molar-refractivity contribution in [3.05, 3.63) is 48.0 Å². The fraction of sp³-hybridized carbons (Fsp3) is 0.458. The van der Waals surface area contributed by atoms with Crippen molar-refractivity contribution in [2.24, 2.45) is 0 Å². The topological polar surface area (TPSA) is 141 Å². The number of ether oxygens (including phenoxy) is 2. The van der Waals surface area contributed by atoms with Crippen LogP contribution in [-0.4, -0.2) is 67.7 Å². The van der Waals surface area contributed by atoms with Crippen molar-refractivity contribution in [1.29, 1.82) is 0 Å². The van der Waals surface area contributed by atoms with E-state index in [1.165, 1.54) is 30.3 Å². The fourth-order valence-electron chi connectivity index (χ4n) is 3.73. The molecule has 0 fully saturated rings. The predicted molar refractivity (Wildman–Crippen MR) is 139 cm³/mol. The first-order valence-electron chi connectivity index (χ1n) is 11.4. The molecule has 13 heteroatoms. The largest absolute Gasteiger partial charge is 0.486 e. The average molecular weight is 574 g/mol. The lowest BCUT2D eigenvalue weighted by Crippen LogP contribution is -2.44. The van der Waals surface area contributed by atoms with Crippen LogP contribution in [0.25, 0.3) is 0 Å². The van der Waals surface area contributed by atoms with Crippen LogP contribution in [0.1, 0.15) is 32.8 Å². The molecule has 1 aliphatic rings. The molecule has 0 aliphatic carbocycles. The highest BCUT2D eigenvalue weighted by Gasteiger charge is 2.35. The number of esters is 1. The second-order valence-corrected chi connectivity index (χ2v) is 16.1. The molecule has 0 saturated carbocycles. The third-order valence-corrected chi connectivity index (χ3v) is 9.22. The summed E-state index contributed by atoms with van der Waals surface area (Å²) in [7, 11) is -11.3. The molecule has 37 heavy (non-hydrogen) atoms. The molecule has 0 unspecified atom stereocenters. The van der Waals surface area contributed by atoms with Gasteiger partial charge in [0.1, 0.15) is 27.3 Å². The number of rotatable bonds is 8. The van der Waals surface area contributed by atoms with Crippen LogP contribution >= 0.6 is 0 Å². The van der Waals surface area contributed by atoms with Crippen molar-refractivity contribution in [2.75, 3.05) is 29.1 Å². The molecule has 0 radical (unpaired) electrons. The third kappa shape index (κ3) is 7.68. The molecule has 1 atom stereocenters. The Morgan fingerprint density at radius 1 is 1.00 bits per heavy atom. The van der Waals surface area contributed by atoms with Gasteiger partial charge in [-0.3, -0.25) is 9.10 Å². The summed E-state index contributed by atoms with van der Waals surface area (Å²) in [6.07, 6.45) is 1.23. The van der Waals surface area contributed by atoms with Crippen molar-refractivity contribution >= 4 is 41.4 Å². The van der Waals surface area contributed by atoms with Gasteiger partial charge >= 0.3 is 5.97 Å². The van der Waals surface area contributed by atoms with Gasteiger partial charge in [-0.05, 0) is 63.1 Å². The SMILES string of the molecule is CC(C)(C)OC(=O)Cc1ccc2c(c1)N(S(=O)(=O)c1cccc(S(C)(=O)=O)c1)C[C@H](CCS(C)(=O)=O)O2. The van der Waals surface area contributed by atoms with E-state index < -0.39 is 47.4 Å². The molecule has 10 nitrogen and oxygen atoms in total. The maximum atomic E-state index is 13.8. The number of sulfone groups is 2. The molecule has 0 bridgehead atoms. The smallest absolute Gasteiger partial charge is 0.310 e. The van der Waals surface area contributed by atoms with Crippen LogP contribution < -0.4 is 9.04 Å². The predicted octanol–water partition coefficient (Wildman–Crippen LogP) is 2.37. The van der Waals surface area contributed by atoms with E-state index in [1.807, 2.05) is 0 Å². The molecule has 0 saturated heterocycles. The number of fused-ring (bicyclic) bond motifs is 1. The second-order valence-electron chi connectivity index (χ2n) is 10.0. The highest BCUT2D eigenvalue weighted by molar-refractivity contribution is 7.93. The van der Waals surface area contributed by atoms with Gasteiger partial charge < -0.3 is 9.47 Å². The Bertz CT molecular complexity index is 1510. The molecule has 204 valence electrons. The van der Waals surface area contributed by atoms with Gasteiger partial charge in [-0.25, -0.2) is 25.3 Å². The number of hydrogen-bond acceptors (Lipinski definition) is 9. The van der Waals surface area contributed by atoms with Gasteiger partial charge in [0.25, 0.3) is 10.0 Å². The first-order chi connectivity index (χ1) is 16.8. The first kappa shape index (κ1) is 28.9. The van der Waals surface area contributed by atoms with Crippen LogP contribution in [-0.2, 0) is 45.7 Å². The Morgan fingerprint density at radius 2 is 1.65 bits per heavy atom. The normalized spacial score (nSPS) is 16.6. The van der Waals surface area contributed by atoms with Gasteiger partial charge in [0.2, 0.25) is 0 Å². The molecule has 2 aromatic rings. The molecule has 1 aliphatic heterocycles. The number of sulfonamides is 1. The van der Waals surface area contributed by atoms with Crippen molar-refractivity contribution in [3.63, 3.8) is 0 Å². The maximum absolute atomic E-state index is 13.8. The van der Waals surface area contributed by atoms with E-state index in [0.29, 0.717) is 5.56 Å². The summed E-state index contributed by atoms with van der Waals surface area (Å²) >= 11 is 0. The zero-order valence-corrected chi connectivity index (χ0v) is 23.7. The minimum Gasteiger partial charge on any atom is -0.486 e. The Hall–Kier alpha value is -2.64. The van der Waals surface area contributed by atoms with Crippen LogP contribution in [0.15, 0.2) is 52.3 Å². The van der Waals surface area contributed by atoms with Crippen LogP contribution in [0.3, 0.4) is 0 Å². The molecule has 0 N–H and O–H groups in total. The number of carbonyl (C=O) groups excluding carboxylic acids is 1. The molecule has 3 rings (SSSR count). The van der Waals surface area contributed by atoms with E-state index in [-0.39, 0.29) is 46.4 Å². The summed E-state index contributed by atoms with van der Waals surface area (Å²) < 4.78 is 87.4. The number of hydrogen-bond donors (Lipinski definition) is 0. The quantitative estimate of drug-likeness (QED) is 0.435. The van der Waals surface area contributed by atoms with Gasteiger partial charge in [0.15, 0.2) is 9.84 Å². The second kappa shape index (κ2) is 10.3. The maximum Gasteiger partial charge on any atom is 0.310 e. The molecule has 0 amide bonds. The van der Waals surface area contributed by atoms with Crippen LogP contribution in [0.2, 0.25) is 0 Å². The Morgan fingerprint density at radius 3 is 2.24 bits per heavy atom. The molecular weight excluding hydrogens is 542 g/mol. The Balaban J connectivity index is 2.05. The third-order valence-electron chi connectivity index (χ3n) is 5.36. The Labute approximate surface area is 218 Å². The monoisotopic (exact) mass is 573 g/mol. The van der Waals surface area contributed by atoms with Crippen molar-refractivity contribution in [2.45, 2.75) is 55.1 Å². The van der Waals surface area contributed by atoms with E-state index in [4.69, 9.17) is 9.47 Å². The van der Waals surface area contributed by atoms with E-state index in [1.54, 1.807) is 26.8 Å². The van der Waals surface area contributed by atoms with E-state index in [2.05, 4.69) is 0 Å². The zero-order chi connectivity index (χ0) is 27.8. The summed E-state index contributed by atoms with van der Waals surface area (Å²) in [4.78, 5) is 12.0. The average Bonchev–Trinajstić information content (AvgIpc) is 2.75. The molecule has 0 aromatic heterocycles. The minimum absolute atomic E-state index is 0.0489. The van der Waals surface area contributed by atoms with E-state index in [9.17, 15) is 30.0 Å². The van der Waals surface area contributed by atoms with Gasteiger partial charge in [-0.2, -0.15) is 0 Å². The minimum atomic E-state index is -4.30.